The lowest BCUT2D eigenvalue weighted by atomic mass is 10.2. The molecule has 3 rings (SSSR count). The Morgan fingerprint density at radius 1 is 1.41 bits per heavy atom. The van der Waals surface area contributed by atoms with Crippen LogP contribution in [-0.4, -0.2) is 34.5 Å². The summed E-state index contributed by atoms with van der Waals surface area (Å²) in [4.78, 5) is 18.1. The summed E-state index contributed by atoms with van der Waals surface area (Å²) >= 11 is 0. The maximum absolute atomic E-state index is 11.4. The molecule has 1 saturated heterocycles. The first-order chi connectivity index (χ1) is 10.8. The summed E-state index contributed by atoms with van der Waals surface area (Å²) in [6.07, 6.45) is 2.28. The normalized spacial score (nSPS) is 18.5. The molecular formula is C16H20N4O2. The highest BCUT2D eigenvalue weighted by Crippen LogP contribution is 2.32. The molecule has 6 heteroatoms. The topological polar surface area (TPSA) is 71.3 Å². The third-order valence-electron chi connectivity index (χ3n) is 3.96. The molecule has 2 heterocycles. The van der Waals surface area contributed by atoms with Gasteiger partial charge in [-0.3, -0.25) is 9.69 Å². The third-order valence-corrected chi connectivity index (χ3v) is 3.96. The first-order valence-electron chi connectivity index (χ1n) is 7.57. The number of likely N-dealkylation sites (tertiary alicyclic amines) is 1. The number of aromatic nitrogens is 2. The van der Waals surface area contributed by atoms with Crippen molar-refractivity contribution >= 4 is 5.91 Å². The van der Waals surface area contributed by atoms with Crippen LogP contribution in [0.5, 0.6) is 0 Å². The van der Waals surface area contributed by atoms with Crippen LogP contribution in [0.15, 0.2) is 34.9 Å². The van der Waals surface area contributed by atoms with Gasteiger partial charge in [-0.15, -0.1) is 0 Å². The van der Waals surface area contributed by atoms with Gasteiger partial charge in [-0.2, -0.15) is 4.98 Å². The van der Waals surface area contributed by atoms with E-state index in [0.717, 1.165) is 25.9 Å². The lowest BCUT2D eigenvalue weighted by Crippen LogP contribution is -2.23. The maximum Gasteiger partial charge on any atom is 0.244 e. The zero-order chi connectivity index (χ0) is 15.4. The molecular weight excluding hydrogens is 280 g/mol. The number of carbonyl (C=O) groups is 1. The summed E-state index contributed by atoms with van der Waals surface area (Å²) in [6.45, 7) is 1.89. The van der Waals surface area contributed by atoms with E-state index in [4.69, 9.17) is 4.52 Å². The van der Waals surface area contributed by atoms with Gasteiger partial charge in [0.1, 0.15) is 0 Å². The lowest BCUT2D eigenvalue weighted by molar-refractivity contribution is -0.120. The highest BCUT2D eigenvalue weighted by Gasteiger charge is 2.30. The summed E-state index contributed by atoms with van der Waals surface area (Å²) in [7, 11) is 1.60. The predicted octanol–water partition coefficient (Wildman–Crippen LogP) is 1.70. The van der Waals surface area contributed by atoms with Gasteiger partial charge < -0.3 is 9.84 Å². The fourth-order valence-electron chi connectivity index (χ4n) is 2.82. The minimum atomic E-state index is -0.111. The largest absolute Gasteiger partial charge is 0.359 e. The first kappa shape index (κ1) is 14.7. The molecule has 0 saturated carbocycles. The highest BCUT2D eigenvalue weighted by molar-refractivity contribution is 5.77. The Bertz CT molecular complexity index is 626. The summed E-state index contributed by atoms with van der Waals surface area (Å²) in [5.74, 6) is 0.952. The quantitative estimate of drug-likeness (QED) is 0.910. The SMILES string of the molecule is CNC(=O)Cc1noc([C@H]2CCCN2Cc2ccccc2)n1. The Morgan fingerprint density at radius 2 is 2.23 bits per heavy atom. The molecule has 2 aromatic rings. The van der Waals surface area contributed by atoms with Crippen LogP contribution in [0.4, 0.5) is 0 Å². The molecule has 1 aromatic heterocycles. The number of likely N-dealkylation sites (N-methyl/N-ethyl adjacent to an activating group) is 1. The summed E-state index contributed by atoms with van der Waals surface area (Å²) in [5.41, 5.74) is 1.28. The maximum atomic E-state index is 11.4. The van der Waals surface area contributed by atoms with E-state index in [9.17, 15) is 4.79 Å². The lowest BCUT2D eigenvalue weighted by Gasteiger charge is -2.21. The molecule has 1 atom stereocenters. The third kappa shape index (κ3) is 3.33. The molecule has 0 radical (unpaired) electrons. The van der Waals surface area contributed by atoms with Crippen molar-refractivity contribution in [1.29, 1.82) is 0 Å². The van der Waals surface area contributed by atoms with Crippen LogP contribution in [-0.2, 0) is 17.8 Å². The second-order valence-corrected chi connectivity index (χ2v) is 5.51. The number of carbonyl (C=O) groups excluding carboxylic acids is 1. The fraction of sp³-hybridized carbons (Fsp3) is 0.438. The second-order valence-electron chi connectivity index (χ2n) is 5.51. The Kier molecular flexibility index (Phi) is 4.48. The Morgan fingerprint density at radius 3 is 3.00 bits per heavy atom. The predicted molar refractivity (Wildman–Crippen MR) is 80.9 cm³/mol. The van der Waals surface area contributed by atoms with Crippen LogP contribution in [0, 0.1) is 0 Å². The molecule has 0 unspecified atom stereocenters. The van der Waals surface area contributed by atoms with Crippen molar-refractivity contribution in [3.05, 3.63) is 47.6 Å². The molecule has 1 fully saturated rings. The number of hydrogen-bond donors (Lipinski definition) is 1. The Labute approximate surface area is 129 Å². The van der Waals surface area contributed by atoms with Crippen molar-refractivity contribution in [3.8, 4) is 0 Å². The molecule has 0 aliphatic carbocycles. The number of hydrogen-bond acceptors (Lipinski definition) is 5. The molecule has 1 aliphatic heterocycles. The van der Waals surface area contributed by atoms with Gasteiger partial charge in [0.2, 0.25) is 11.8 Å². The number of rotatable bonds is 5. The molecule has 1 N–H and O–H groups in total. The van der Waals surface area contributed by atoms with Crippen molar-refractivity contribution in [2.24, 2.45) is 0 Å². The van der Waals surface area contributed by atoms with Gasteiger partial charge in [0, 0.05) is 13.6 Å². The minimum absolute atomic E-state index is 0.111. The van der Waals surface area contributed by atoms with Gasteiger partial charge in [0.05, 0.1) is 12.5 Å². The molecule has 6 nitrogen and oxygen atoms in total. The zero-order valence-electron chi connectivity index (χ0n) is 12.7. The Hall–Kier alpha value is -2.21. The van der Waals surface area contributed by atoms with E-state index in [0.29, 0.717) is 11.7 Å². The van der Waals surface area contributed by atoms with E-state index in [1.54, 1.807) is 7.05 Å². The van der Waals surface area contributed by atoms with Gasteiger partial charge in [-0.25, -0.2) is 0 Å². The van der Waals surface area contributed by atoms with E-state index in [1.807, 2.05) is 6.07 Å². The smallest absolute Gasteiger partial charge is 0.244 e. The number of benzene rings is 1. The highest BCUT2D eigenvalue weighted by atomic mass is 16.5. The summed E-state index contributed by atoms with van der Waals surface area (Å²) < 4.78 is 5.38. The summed E-state index contributed by atoms with van der Waals surface area (Å²) in [5, 5.41) is 6.48. The molecule has 116 valence electrons. The minimum Gasteiger partial charge on any atom is -0.359 e. The van der Waals surface area contributed by atoms with Crippen LogP contribution in [0.3, 0.4) is 0 Å². The first-order valence-corrected chi connectivity index (χ1v) is 7.57. The fourth-order valence-corrected chi connectivity index (χ4v) is 2.82. The number of nitrogens with one attached hydrogen (secondary N) is 1. The monoisotopic (exact) mass is 300 g/mol. The molecule has 0 bridgehead atoms. The van der Waals surface area contributed by atoms with Crippen LogP contribution >= 0.6 is 0 Å². The molecule has 1 aliphatic rings. The van der Waals surface area contributed by atoms with Gasteiger partial charge >= 0.3 is 0 Å². The standard InChI is InChI=1S/C16H20N4O2/c1-17-15(21)10-14-18-16(22-19-14)13-8-5-9-20(13)11-12-6-3-2-4-7-12/h2-4,6-7,13H,5,8-11H2,1H3,(H,17,21)/t13-/m1/s1. The second kappa shape index (κ2) is 6.70. The van der Waals surface area contributed by atoms with Crippen LogP contribution in [0.25, 0.3) is 0 Å². The van der Waals surface area contributed by atoms with Crippen LogP contribution < -0.4 is 5.32 Å². The van der Waals surface area contributed by atoms with E-state index in [1.165, 1.54) is 5.56 Å². The van der Waals surface area contributed by atoms with Crippen LogP contribution in [0.2, 0.25) is 0 Å². The Balaban J connectivity index is 1.69. The molecule has 0 spiro atoms. The van der Waals surface area contributed by atoms with E-state index in [2.05, 4.69) is 44.6 Å². The van der Waals surface area contributed by atoms with Gasteiger partial charge in [-0.05, 0) is 24.9 Å². The average molecular weight is 300 g/mol. The van der Waals surface area contributed by atoms with E-state index in [-0.39, 0.29) is 18.4 Å². The van der Waals surface area contributed by atoms with Crippen molar-refractivity contribution in [2.75, 3.05) is 13.6 Å². The zero-order valence-corrected chi connectivity index (χ0v) is 12.7. The summed E-state index contributed by atoms with van der Waals surface area (Å²) in [6, 6.07) is 10.5. The van der Waals surface area contributed by atoms with Crippen molar-refractivity contribution in [1.82, 2.24) is 20.4 Å². The van der Waals surface area contributed by atoms with Crippen molar-refractivity contribution in [2.45, 2.75) is 31.8 Å². The van der Waals surface area contributed by atoms with E-state index >= 15 is 0 Å². The van der Waals surface area contributed by atoms with Gasteiger partial charge in [0.25, 0.3) is 0 Å². The average Bonchev–Trinajstić information content (AvgIpc) is 3.17. The van der Waals surface area contributed by atoms with E-state index < -0.39 is 0 Å². The van der Waals surface area contributed by atoms with Gasteiger partial charge in [0.15, 0.2) is 5.82 Å². The van der Waals surface area contributed by atoms with Crippen molar-refractivity contribution in [3.63, 3.8) is 0 Å². The number of nitrogens with zero attached hydrogens (tertiary/aromatic N) is 3. The molecule has 1 aromatic carbocycles. The molecule has 1 amide bonds. The number of amides is 1. The van der Waals surface area contributed by atoms with Crippen LogP contribution in [0.1, 0.15) is 36.2 Å². The van der Waals surface area contributed by atoms with Gasteiger partial charge in [-0.1, -0.05) is 35.5 Å². The molecule has 22 heavy (non-hydrogen) atoms. The van der Waals surface area contributed by atoms with Crippen molar-refractivity contribution < 1.29 is 9.32 Å².